The number of amides is 1. The minimum Gasteiger partial charge on any atom is -0.381 e. The van der Waals surface area contributed by atoms with E-state index in [2.05, 4.69) is 5.32 Å². The Bertz CT molecular complexity index is 1510. The molecule has 3 aromatic carbocycles. The largest absolute Gasteiger partial charge is 0.381 e. The van der Waals surface area contributed by atoms with Crippen molar-refractivity contribution in [2.24, 2.45) is 0 Å². The van der Waals surface area contributed by atoms with Crippen LogP contribution in [0.2, 0.25) is 5.02 Å². The zero-order valence-corrected chi connectivity index (χ0v) is 23.2. The van der Waals surface area contributed by atoms with Gasteiger partial charge in [0.15, 0.2) is 0 Å². The highest BCUT2D eigenvalue weighted by Crippen LogP contribution is 2.35. The van der Waals surface area contributed by atoms with Gasteiger partial charge in [0.25, 0.3) is 15.9 Å². The number of allylic oxidation sites excluding steroid dienone is 1. The summed E-state index contributed by atoms with van der Waals surface area (Å²) in [5.74, 6) is -1.03. The predicted octanol–water partition coefficient (Wildman–Crippen LogP) is 5.36. The first kappa shape index (κ1) is 27.8. The fraction of sp³-hybridized carbons (Fsp3) is 0.276. The van der Waals surface area contributed by atoms with Gasteiger partial charge in [0.1, 0.15) is 11.4 Å². The van der Waals surface area contributed by atoms with Gasteiger partial charge in [-0.15, -0.1) is 0 Å². The minimum absolute atomic E-state index is 0.0175. The Kier molecular flexibility index (Phi) is 7.70. The van der Waals surface area contributed by atoms with E-state index in [0.717, 1.165) is 5.56 Å². The maximum absolute atomic E-state index is 14.5. The van der Waals surface area contributed by atoms with Crippen LogP contribution in [0, 0.1) is 12.7 Å². The van der Waals surface area contributed by atoms with E-state index in [1.807, 2.05) is 19.1 Å². The Morgan fingerprint density at radius 3 is 2.53 bits per heavy atom. The van der Waals surface area contributed by atoms with Gasteiger partial charge in [0.2, 0.25) is 0 Å². The molecular formula is C29H30ClFN2O4S. The first-order chi connectivity index (χ1) is 17.8. The number of anilines is 1. The Hall–Kier alpha value is -3.20. The van der Waals surface area contributed by atoms with E-state index in [1.165, 1.54) is 36.4 Å². The molecule has 1 amide bonds. The zero-order chi connectivity index (χ0) is 27.8. The highest BCUT2D eigenvalue weighted by Gasteiger charge is 2.36. The molecule has 0 saturated heterocycles. The molecule has 0 aliphatic carbocycles. The van der Waals surface area contributed by atoms with E-state index in [0.29, 0.717) is 28.8 Å². The van der Waals surface area contributed by atoms with Crippen molar-refractivity contribution in [2.45, 2.75) is 50.7 Å². The molecule has 0 bridgehead atoms. The van der Waals surface area contributed by atoms with Crippen molar-refractivity contribution in [3.05, 3.63) is 93.8 Å². The molecule has 2 N–H and O–H groups in total. The van der Waals surface area contributed by atoms with Gasteiger partial charge in [0.05, 0.1) is 28.2 Å². The number of fused-ring (bicyclic) bond motifs is 1. The maximum Gasteiger partial charge on any atom is 0.264 e. The molecule has 0 fully saturated rings. The normalized spacial score (nSPS) is 16.2. The van der Waals surface area contributed by atoms with E-state index in [9.17, 15) is 22.7 Å². The third-order valence-corrected chi connectivity index (χ3v) is 8.53. The summed E-state index contributed by atoms with van der Waals surface area (Å²) in [5.41, 5.74) is 1.92. The number of benzene rings is 3. The van der Waals surface area contributed by atoms with Crippen molar-refractivity contribution in [2.75, 3.05) is 10.8 Å². The summed E-state index contributed by atoms with van der Waals surface area (Å²) in [6.07, 6.45) is 2.13. The number of nitrogens with one attached hydrogen (secondary N) is 1. The molecule has 1 aliphatic rings. The molecule has 0 radical (unpaired) electrons. The summed E-state index contributed by atoms with van der Waals surface area (Å²) in [7, 11) is -4.00. The summed E-state index contributed by atoms with van der Waals surface area (Å²) in [5, 5.41) is 13.2. The monoisotopic (exact) mass is 556 g/mol. The Morgan fingerprint density at radius 1 is 1.16 bits per heavy atom. The number of halogens is 2. The number of carbonyl (C=O) groups excluding carboxylic acids is 1. The predicted molar refractivity (Wildman–Crippen MR) is 149 cm³/mol. The molecule has 1 aliphatic heterocycles. The van der Waals surface area contributed by atoms with Crippen LogP contribution in [0.4, 0.5) is 10.1 Å². The van der Waals surface area contributed by atoms with Crippen LogP contribution in [-0.4, -0.2) is 37.6 Å². The van der Waals surface area contributed by atoms with Crippen LogP contribution >= 0.6 is 11.6 Å². The number of nitrogens with zero attached hydrogens (tertiary/aromatic N) is 1. The first-order valence-electron chi connectivity index (χ1n) is 12.2. The van der Waals surface area contributed by atoms with Gasteiger partial charge >= 0.3 is 0 Å². The van der Waals surface area contributed by atoms with Gasteiger partial charge < -0.3 is 10.4 Å². The van der Waals surface area contributed by atoms with Crippen molar-refractivity contribution in [1.29, 1.82) is 0 Å². The Morgan fingerprint density at radius 2 is 1.87 bits per heavy atom. The smallest absolute Gasteiger partial charge is 0.264 e. The SMILES string of the molecule is C/C(=C\c1ccc2c(c1)N(S(=O)(=O)c1cccc(C)c1)C[C@H](NC(=O)C(C)(C)O)C2)c1c(F)cccc1Cl. The molecular weight excluding hydrogens is 527 g/mol. The molecule has 1 heterocycles. The second-order valence-electron chi connectivity index (χ2n) is 10.1. The van der Waals surface area contributed by atoms with Crippen LogP contribution in [-0.2, 0) is 21.2 Å². The fourth-order valence-electron chi connectivity index (χ4n) is 4.49. The second-order valence-corrected chi connectivity index (χ2v) is 12.4. The maximum atomic E-state index is 14.5. The number of hydrogen-bond acceptors (Lipinski definition) is 4. The first-order valence-corrected chi connectivity index (χ1v) is 14.0. The molecule has 0 spiro atoms. The van der Waals surface area contributed by atoms with Crippen LogP contribution in [0.1, 0.15) is 43.0 Å². The van der Waals surface area contributed by atoms with E-state index < -0.39 is 33.4 Å². The summed E-state index contributed by atoms with van der Waals surface area (Å²) in [4.78, 5) is 12.6. The summed E-state index contributed by atoms with van der Waals surface area (Å²) >= 11 is 6.24. The van der Waals surface area contributed by atoms with Gasteiger partial charge in [-0.05, 0) is 86.7 Å². The van der Waals surface area contributed by atoms with E-state index >= 15 is 0 Å². The molecule has 3 aromatic rings. The van der Waals surface area contributed by atoms with Crippen LogP contribution in [0.3, 0.4) is 0 Å². The van der Waals surface area contributed by atoms with Gasteiger partial charge in [-0.1, -0.05) is 48.0 Å². The average Bonchev–Trinajstić information content (AvgIpc) is 2.83. The third kappa shape index (κ3) is 5.77. The van der Waals surface area contributed by atoms with Gasteiger partial charge in [-0.2, -0.15) is 0 Å². The molecule has 0 unspecified atom stereocenters. The van der Waals surface area contributed by atoms with Gasteiger partial charge in [0, 0.05) is 5.56 Å². The molecule has 0 aromatic heterocycles. The lowest BCUT2D eigenvalue weighted by Crippen LogP contribution is -2.54. The average molecular weight is 557 g/mol. The molecule has 0 saturated carbocycles. The number of hydrogen-bond donors (Lipinski definition) is 2. The summed E-state index contributed by atoms with van der Waals surface area (Å²) < 4.78 is 43.5. The standard InChI is InChI=1S/C29H30ClFN2O4S/c1-18-7-5-8-23(13-18)38(36,37)33-17-22(32-28(34)29(3,4)35)16-21-12-11-20(15-26(21)33)14-19(2)27-24(30)9-6-10-25(27)31/h5-15,22,35H,16-17H2,1-4H3,(H,32,34)/b19-14+/t22-/m1/s1. The molecule has 38 heavy (non-hydrogen) atoms. The molecule has 4 rings (SSSR count). The lowest BCUT2D eigenvalue weighted by molar-refractivity contribution is -0.137. The van der Waals surface area contributed by atoms with Gasteiger partial charge in [-0.25, -0.2) is 12.8 Å². The molecule has 1 atom stereocenters. The topological polar surface area (TPSA) is 86.7 Å². The number of carbonyl (C=O) groups is 1. The van der Waals surface area contributed by atoms with Crippen molar-refractivity contribution in [3.8, 4) is 0 Å². The van der Waals surface area contributed by atoms with E-state index in [4.69, 9.17) is 11.6 Å². The lowest BCUT2D eigenvalue weighted by Gasteiger charge is -2.36. The number of aliphatic hydroxyl groups is 1. The number of sulfonamides is 1. The van der Waals surface area contributed by atoms with Crippen molar-refractivity contribution in [1.82, 2.24) is 5.32 Å². The highest BCUT2D eigenvalue weighted by atomic mass is 35.5. The summed E-state index contributed by atoms with van der Waals surface area (Å²) in [6, 6.07) is 15.9. The number of aryl methyl sites for hydroxylation is 1. The Balaban J connectivity index is 1.79. The zero-order valence-electron chi connectivity index (χ0n) is 21.6. The minimum atomic E-state index is -4.00. The van der Waals surface area contributed by atoms with Crippen LogP contribution in [0.5, 0.6) is 0 Å². The fourth-order valence-corrected chi connectivity index (χ4v) is 6.45. The molecule has 9 heteroatoms. The third-order valence-electron chi connectivity index (χ3n) is 6.44. The van der Waals surface area contributed by atoms with E-state index in [1.54, 1.807) is 43.3 Å². The van der Waals surface area contributed by atoms with Crippen molar-refractivity contribution >= 4 is 44.9 Å². The van der Waals surface area contributed by atoms with Crippen molar-refractivity contribution < 1.29 is 22.7 Å². The van der Waals surface area contributed by atoms with Crippen LogP contribution in [0.15, 0.2) is 65.6 Å². The van der Waals surface area contributed by atoms with Crippen LogP contribution < -0.4 is 9.62 Å². The highest BCUT2D eigenvalue weighted by molar-refractivity contribution is 7.92. The number of rotatable bonds is 6. The molecule has 200 valence electrons. The molecule has 6 nitrogen and oxygen atoms in total. The van der Waals surface area contributed by atoms with Crippen LogP contribution in [0.25, 0.3) is 11.6 Å². The quantitative estimate of drug-likeness (QED) is 0.400. The van der Waals surface area contributed by atoms with Gasteiger partial charge in [-0.3, -0.25) is 9.10 Å². The lowest BCUT2D eigenvalue weighted by atomic mass is 9.96. The van der Waals surface area contributed by atoms with Crippen molar-refractivity contribution in [3.63, 3.8) is 0 Å². The van der Waals surface area contributed by atoms with E-state index in [-0.39, 0.29) is 22.0 Å². The summed E-state index contributed by atoms with van der Waals surface area (Å²) in [6.45, 7) is 6.30. The second kappa shape index (κ2) is 10.5. The Labute approximate surface area is 227 Å².